The van der Waals surface area contributed by atoms with E-state index in [-0.39, 0.29) is 11.9 Å². The molecule has 28 heavy (non-hydrogen) atoms. The van der Waals surface area contributed by atoms with Crippen molar-refractivity contribution in [1.82, 2.24) is 10.2 Å². The molecule has 4 rings (SSSR count). The summed E-state index contributed by atoms with van der Waals surface area (Å²) in [6.07, 6.45) is 0. The fraction of sp³-hybridized carbons (Fsp3) is 0.364. The first-order valence-electron chi connectivity index (χ1n) is 9.40. The molecular weight excluding hydrogens is 370 g/mol. The first-order valence-corrected chi connectivity index (χ1v) is 9.81. The van der Waals surface area contributed by atoms with Gasteiger partial charge in [0.25, 0.3) is 0 Å². The van der Waals surface area contributed by atoms with Crippen molar-refractivity contribution in [3.8, 4) is 5.75 Å². The average molecular weight is 396 g/mol. The number of hydrogen-bond donors (Lipinski definition) is 1. The van der Waals surface area contributed by atoms with Crippen LogP contribution in [0.3, 0.4) is 0 Å². The Kier molecular flexibility index (Phi) is 4.34. The minimum absolute atomic E-state index is 0.00627. The molecule has 1 N–H and O–H groups in total. The van der Waals surface area contributed by atoms with Crippen LogP contribution in [0, 0.1) is 19.8 Å². The normalized spacial score (nSPS) is 25.5. The fourth-order valence-electron chi connectivity index (χ4n) is 4.24. The molecule has 0 aromatic heterocycles. The highest BCUT2D eigenvalue weighted by Gasteiger charge is 2.59. The zero-order valence-corrected chi connectivity index (χ0v) is 17.6. The third-order valence-electron chi connectivity index (χ3n) is 5.65. The van der Waals surface area contributed by atoms with E-state index >= 15 is 0 Å². The topological polar surface area (TPSA) is 44.8 Å². The van der Waals surface area contributed by atoms with Crippen LogP contribution in [-0.4, -0.2) is 35.7 Å². The van der Waals surface area contributed by atoms with Crippen LogP contribution in [0.15, 0.2) is 42.5 Å². The number of aryl methyl sites for hydroxylation is 2. The second-order valence-corrected chi connectivity index (χ2v) is 8.39. The quantitative estimate of drug-likeness (QED) is 0.788. The van der Waals surface area contributed by atoms with Gasteiger partial charge in [-0.25, -0.2) is 0 Å². The molecule has 1 saturated heterocycles. The summed E-state index contributed by atoms with van der Waals surface area (Å²) in [4.78, 5) is 16.9. The van der Waals surface area contributed by atoms with Crippen LogP contribution >= 0.6 is 12.2 Å². The molecule has 2 aromatic rings. The van der Waals surface area contributed by atoms with Gasteiger partial charge >= 0.3 is 0 Å². The summed E-state index contributed by atoms with van der Waals surface area (Å²) in [5, 5.41) is 4.00. The fourth-order valence-corrected chi connectivity index (χ4v) is 4.65. The van der Waals surface area contributed by atoms with Crippen LogP contribution in [-0.2, 0) is 4.79 Å². The lowest BCUT2D eigenvalue weighted by molar-refractivity contribution is -0.144. The molecule has 3 atom stereocenters. The summed E-state index contributed by atoms with van der Waals surface area (Å²) in [6, 6.07) is 14.0. The molecule has 1 fully saturated rings. The first-order chi connectivity index (χ1) is 13.2. The molecule has 146 valence electrons. The highest BCUT2D eigenvalue weighted by atomic mass is 32.1. The van der Waals surface area contributed by atoms with E-state index in [1.54, 1.807) is 19.0 Å². The molecule has 2 aliphatic heterocycles. The van der Waals surface area contributed by atoms with Gasteiger partial charge in [-0.1, -0.05) is 35.4 Å². The molecule has 6 heteroatoms. The molecule has 2 aromatic carbocycles. The van der Waals surface area contributed by atoms with Crippen LogP contribution in [0.4, 0.5) is 5.69 Å². The van der Waals surface area contributed by atoms with Gasteiger partial charge in [0.05, 0.1) is 6.04 Å². The van der Waals surface area contributed by atoms with Gasteiger partial charge in [0.1, 0.15) is 11.7 Å². The van der Waals surface area contributed by atoms with Gasteiger partial charge in [-0.15, -0.1) is 0 Å². The largest absolute Gasteiger partial charge is 0.467 e. The Balaban J connectivity index is 1.91. The summed E-state index contributed by atoms with van der Waals surface area (Å²) >= 11 is 5.75. The van der Waals surface area contributed by atoms with Crippen molar-refractivity contribution in [2.24, 2.45) is 5.92 Å². The van der Waals surface area contributed by atoms with Crippen molar-refractivity contribution < 1.29 is 9.53 Å². The van der Waals surface area contributed by atoms with E-state index in [0.29, 0.717) is 5.11 Å². The van der Waals surface area contributed by atoms with Crippen LogP contribution in [0.1, 0.15) is 29.7 Å². The number of carbonyl (C=O) groups is 1. The van der Waals surface area contributed by atoms with Crippen LogP contribution in [0.2, 0.25) is 0 Å². The number of thiocarbonyl (C=S) groups is 1. The number of anilines is 1. The number of ether oxygens (including phenoxy) is 1. The van der Waals surface area contributed by atoms with Gasteiger partial charge < -0.3 is 15.0 Å². The smallest absolute Gasteiger partial charge is 0.233 e. The lowest BCUT2D eigenvalue weighted by atomic mass is 9.78. The second-order valence-electron chi connectivity index (χ2n) is 8.01. The van der Waals surface area contributed by atoms with E-state index in [0.717, 1.165) is 28.1 Å². The maximum Gasteiger partial charge on any atom is 0.233 e. The Labute approximate surface area is 171 Å². The number of hydrogen-bond acceptors (Lipinski definition) is 3. The van der Waals surface area contributed by atoms with Gasteiger partial charge in [-0.2, -0.15) is 0 Å². The third kappa shape index (κ3) is 2.75. The molecule has 0 saturated carbocycles. The Bertz CT molecular complexity index is 957. The van der Waals surface area contributed by atoms with Gasteiger partial charge in [-0.3, -0.25) is 9.69 Å². The second kappa shape index (κ2) is 6.48. The zero-order chi connectivity index (χ0) is 20.2. The van der Waals surface area contributed by atoms with E-state index in [4.69, 9.17) is 17.0 Å². The number of benzene rings is 2. The maximum atomic E-state index is 13.3. The summed E-state index contributed by atoms with van der Waals surface area (Å²) in [6.45, 7) is 6.04. The van der Waals surface area contributed by atoms with Crippen LogP contribution in [0.25, 0.3) is 0 Å². The van der Waals surface area contributed by atoms with Gasteiger partial charge in [-0.05, 0) is 51.2 Å². The molecule has 0 aliphatic carbocycles. The molecule has 2 aliphatic rings. The molecule has 2 heterocycles. The maximum absolute atomic E-state index is 13.3. The molecule has 1 amide bonds. The Morgan fingerprint density at radius 2 is 1.79 bits per heavy atom. The number of rotatable bonds is 2. The number of nitrogens with one attached hydrogen (secondary N) is 1. The van der Waals surface area contributed by atoms with Crippen molar-refractivity contribution >= 4 is 28.9 Å². The minimum Gasteiger partial charge on any atom is -0.467 e. The van der Waals surface area contributed by atoms with Crippen molar-refractivity contribution in [3.05, 3.63) is 59.2 Å². The number of nitrogens with zero attached hydrogens (tertiary/aromatic N) is 2. The number of fused-ring (bicyclic) bond motifs is 4. The number of carbonyl (C=O) groups excluding carboxylic acids is 1. The van der Waals surface area contributed by atoms with Crippen LogP contribution in [0.5, 0.6) is 5.75 Å². The van der Waals surface area contributed by atoms with E-state index in [9.17, 15) is 4.79 Å². The standard InChI is InChI=1S/C22H25N3O2S/c1-13-6-9-15(10-7-13)25-21(28)23-19-16-12-14(2)8-11-17(16)27-22(25,3)18(19)20(26)24(4)5/h6-12,18-19H,1-5H3,(H,23,28). The first kappa shape index (κ1) is 18.7. The Morgan fingerprint density at radius 1 is 1.14 bits per heavy atom. The van der Waals surface area contributed by atoms with Crippen LogP contribution < -0.4 is 15.0 Å². The van der Waals surface area contributed by atoms with E-state index < -0.39 is 11.6 Å². The highest BCUT2D eigenvalue weighted by molar-refractivity contribution is 7.80. The van der Waals surface area contributed by atoms with Crippen molar-refractivity contribution in [3.63, 3.8) is 0 Å². The predicted octanol–water partition coefficient (Wildman–Crippen LogP) is 3.55. The molecule has 0 radical (unpaired) electrons. The predicted molar refractivity (Wildman–Crippen MR) is 115 cm³/mol. The van der Waals surface area contributed by atoms with E-state index in [2.05, 4.69) is 11.4 Å². The lowest BCUT2D eigenvalue weighted by Gasteiger charge is -2.56. The summed E-state index contributed by atoms with van der Waals surface area (Å²) in [7, 11) is 3.56. The minimum atomic E-state index is -0.939. The molecule has 0 spiro atoms. The zero-order valence-electron chi connectivity index (χ0n) is 16.8. The number of amides is 1. The third-order valence-corrected chi connectivity index (χ3v) is 5.95. The highest BCUT2D eigenvalue weighted by Crippen LogP contribution is 2.50. The Morgan fingerprint density at radius 3 is 2.43 bits per heavy atom. The SMILES string of the molecule is Cc1ccc(N2C(=S)NC3c4cc(C)ccc4OC2(C)C3C(=O)N(C)C)cc1. The van der Waals surface area contributed by atoms with E-state index in [1.807, 2.05) is 62.1 Å². The summed E-state index contributed by atoms with van der Waals surface area (Å²) in [5.41, 5.74) is 3.22. The molecule has 5 nitrogen and oxygen atoms in total. The lowest BCUT2D eigenvalue weighted by Crippen LogP contribution is -2.72. The Hall–Kier alpha value is -2.60. The van der Waals surface area contributed by atoms with E-state index in [1.165, 1.54) is 0 Å². The summed E-state index contributed by atoms with van der Waals surface area (Å²) < 4.78 is 6.55. The molecular formula is C22H25N3O2S. The van der Waals surface area contributed by atoms with Crippen molar-refractivity contribution in [2.75, 3.05) is 19.0 Å². The average Bonchev–Trinajstić information content (AvgIpc) is 2.63. The van der Waals surface area contributed by atoms with Gasteiger partial charge in [0.2, 0.25) is 5.91 Å². The van der Waals surface area contributed by atoms with Gasteiger partial charge in [0, 0.05) is 25.3 Å². The molecule has 2 bridgehead atoms. The monoisotopic (exact) mass is 395 g/mol. The van der Waals surface area contributed by atoms with Crippen molar-refractivity contribution in [2.45, 2.75) is 32.5 Å². The van der Waals surface area contributed by atoms with Gasteiger partial charge in [0.15, 0.2) is 10.8 Å². The van der Waals surface area contributed by atoms with Crippen molar-refractivity contribution in [1.29, 1.82) is 0 Å². The summed E-state index contributed by atoms with van der Waals surface area (Å²) in [5.74, 6) is 0.338. The molecule has 3 unspecified atom stereocenters.